The van der Waals surface area contributed by atoms with Gasteiger partial charge in [0.1, 0.15) is 17.3 Å². The lowest BCUT2D eigenvalue weighted by Crippen LogP contribution is -2.09. The van der Waals surface area contributed by atoms with Crippen molar-refractivity contribution in [2.75, 3.05) is 0 Å². The molecule has 4 nitrogen and oxygen atoms in total. The molecule has 0 N–H and O–H groups in total. The van der Waals surface area contributed by atoms with Crippen LogP contribution in [0.2, 0.25) is 0 Å². The molecule has 1 aliphatic heterocycles. The minimum Gasteiger partial charge on any atom is -0.461 e. The van der Waals surface area contributed by atoms with Crippen molar-refractivity contribution < 1.29 is 14.3 Å². The standard InChI is InChI=1S/C20H15NO3/c1-12-8-15-10-16(24-20(22)14-6-4-3-5-7-14)11-18-19(15)17(21-12)9-13(2)23-18/h3-11H,1-2H3. The predicted octanol–water partition coefficient (Wildman–Crippen LogP) is 4.52. The van der Waals surface area contributed by atoms with Crippen molar-refractivity contribution in [3.05, 3.63) is 71.2 Å². The molecule has 2 heterocycles. The van der Waals surface area contributed by atoms with Crippen LogP contribution >= 0.6 is 0 Å². The maximum atomic E-state index is 12.3. The highest BCUT2D eigenvalue weighted by Gasteiger charge is 2.18. The third-order valence-corrected chi connectivity index (χ3v) is 3.85. The van der Waals surface area contributed by atoms with Crippen molar-refractivity contribution >= 4 is 22.8 Å². The van der Waals surface area contributed by atoms with Crippen molar-refractivity contribution in [3.8, 4) is 11.5 Å². The van der Waals surface area contributed by atoms with Gasteiger partial charge >= 0.3 is 5.97 Å². The zero-order chi connectivity index (χ0) is 16.7. The second-order valence-electron chi connectivity index (χ2n) is 5.78. The Labute approximate surface area is 139 Å². The van der Waals surface area contributed by atoms with E-state index < -0.39 is 5.97 Å². The fraction of sp³-hybridized carbons (Fsp3) is 0.100. The molecule has 4 rings (SSSR count). The summed E-state index contributed by atoms with van der Waals surface area (Å²) in [6.07, 6.45) is 1.91. The van der Waals surface area contributed by atoms with Crippen LogP contribution in [0, 0.1) is 6.92 Å². The fourth-order valence-electron chi connectivity index (χ4n) is 2.88. The molecule has 0 aliphatic carbocycles. The van der Waals surface area contributed by atoms with Gasteiger partial charge in [0.15, 0.2) is 0 Å². The molecule has 2 aromatic carbocycles. The molecule has 0 unspecified atom stereocenters. The largest absolute Gasteiger partial charge is 0.461 e. The Morgan fingerprint density at radius 3 is 2.67 bits per heavy atom. The van der Waals surface area contributed by atoms with E-state index in [0.717, 1.165) is 27.9 Å². The Hall–Kier alpha value is -3.14. The Balaban J connectivity index is 1.78. The van der Waals surface area contributed by atoms with Crippen LogP contribution in [-0.2, 0) is 0 Å². The first-order chi connectivity index (χ1) is 11.6. The lowest BCUT2D eigenvalue weighted by atomic mass is 10.0. The summed E-state index contributed by atoms with van der Waals surface area (Å²) in [6.45, 7) is 3.82. The number of nitrogens with zero attached hydrogens (tertiary/aromatic N) is 1. The van der Waals surface area contributed by atoms with Gasteiger partial charge in [0.2, 0.25) is 0 Å². The second kappa shape index (κ2) is 5.49. The van der Waals surface area contributed by atoms with Gasteiger partial charge in [-0.2, -0.15) is 0 Å². The topological polar surface area (TPSA) is 48.4 Å². The summed E-state index contributed by atoms with van der Waals surface area (Å²) in [4.78, 5) is 16.8. The quantitative estimate of drug-likeness (QED) is 0.515. The number of rotatable bonds is 2. The molecule has 0 fully saturated rings. The van der Waals surface area contributed by atoms with Crippen LogP contribution < -0.4 is 9.47 Å². The van der Waals surface area contributed by atoms with Gasteiger partial charge < -0.3 is 9.47 Å². The maximum Gasteiger partial charge on any atom is 0.343 e. The number of hydrogen-bond acceptors (Lipinski definition) is 4. The molecule has 0 saturated heterocycles. The molecule has 0 spiro atoms. The van der Waals surface area contributed by atoms with Crippen LogP contribution in [0.25, 0.3) is 16.8 Å². The van der Waals surface area contributed by atoms with Gasteiger partial charge in [0, 0.05) is 17.8 Å². The smallest absolute Gasteiger partial charge is 0.343 e. The van der Waals surface area contributed by atoms with Crippen molar-refractivity contribution in [3.63, 3.8) is 0 Å². The highest BCUT2D eigenvalue weighted by Crippen LogP contribution is 2.38. The molecular formula is C20H15NO3. The minimum absolute atomic E-state index is 0.392. The zero-order valence-corrected chi connectivity index (χ0v) is 13.4. The molecule has 0 amide bonds. The lowest BCUT2D eigenvalue weighted by Gasteiger charge is -2.18. The van der Waals surface area contributed by atoms with Crippen LogP contribution in [-0.4, -0.2) is 11.0 Å². The second-order valence-corrected chi connectivity index (χ2v) is 5.78. The molecule has 24 heavy (non-hydrogen) atoms. The molecule has 0 atom stereocenters. The zero-order valence-electron chi connectivity index (χ0n) is 13.4. The predicted molar refractivity (Wildman–Crippen MR) is 92.2 cm³/mol. The first kappa shape index (κ1) is 14.5. The number of carbonyl (C=O) groups is 1. The van der Waals surface area contributed by atoms with Gasteiger partial charge in [-0.1, -0.05) is 18.2 Å². The van der Waals surface area contributed by atoms with E-state index in [9.17, 15) is 4.79 Å². The SMILES string of the molecule is CC1=Cc2nc(C)cc3cc(OC(=O)c4ccccc4)cc(c23)O1. The van der Waals surface area contributed by atoms with E-state index in [-0.39, 0.29) is 0 Å². The van der Waals surface area contributed by atoms with Gasteiger partial charge in [-0.15, -0.1) is 0 Å². The minimum atomic E-state index is -0.392. The molecule has 1 aromatic heterocycles. The summed E-state index contributed by atoms with van der Waals surface area (Å²) >= 11 is 0. The summed E-state index contributed by atoms with van der Waals surface area (Å²) in [5.74, 6) is 1.48. The third-order valence-electron chi connectivity index (χ3n) is 3.85. The van der Waals surface area contributed by atoms with E-state index in [1.807, 2.05) is 38.1 Å². The van der Waals surface area contributed by atoms with Crippen molar-refractivity contribution in [2.24, 2.45) is 0 Å². The number of carbonyl (C=O) groups excluding carboxylic acids is 1. The number of benzene rings is 2. The average molecular weight is 317 g/mol. The summed E-state index contributed by atoms with van der Waals surface area (Å²) in [5, 5.41) is 1.88. The summed E-state index contributed by atoms with van der Waals surface area (Å²) in [6, 6.07) is 14.5. The maximum absolute atomic E-state index is 12.3. The average Bonchev–Trinajstić information content (AvgIpc) is 2.54. The highest BCUT2D eigenvalue weighted by atomic mass is 16.5. The van der Waals surface area contributed by atoms with Crippen molar-refractivity contribution in [1.82, 2.24) is 4.98 Å². The number of allylic oxidation sites excluding steroid dienone is 1. The molecule has 3 aromatic rings. The van der Waals surface area contributed by atoms with Crippen LogP contribution in [0.1, 0.15) is 28.7 Å². The molecule has 0 radical (unpaired) electrons. The number of esters is 1. The molecule has 118 valence electrons. The van der Waals surface area contributed by atoms with E-state index in [2.05, 4.69) is 4.98 Å². The van der Waals surface area contributed by atoms with Gasteiger partial charge in [-0.3, -0.25) is 4.98 Å². The number of aromatic nitrogens is 1. The van der Waals surface area contributed by atoms with Crippen molar-refractivity contribution in [1.29, 1.82) is 0 Å². The van der Waals surface area contributed by atoms with Gasteiger partial charge in [-0.25, -0.2) is 4.79 Å². The monoisotopic (exact) mass is 317 g/mol. The Kier molecular flexibility index (Phi) is 3.31. The highest BCUT2D eigenvalue weighted by molar-refractivity contribution is 5.98. The molecule has 4 heteroatoms. The number of aryl methyl sites for hydroxylation is 1. The van der Waals surface area contributed by atoms with Crippen LogP contribution in [0.15, 0.2) is 54.3 Å². The van der Waals surface area contributed by atoms with E-state index in [1.165, 1.54) is 0 Å². The van der Waals surface area contributed by atoms with Gasteiger partial charge in [0.25, 0.3) is 0 Å². The molecule has 1 aliphatic rings. The van der Waals surface area contributed by atoms with Crippen LogP contribution in [0.5, 0.6) is 11.5 Å². The summed E-state index contributed by atoms with van der Waals surface area (Å²) in [7, 11) is 0. The first-order valence-corrected chi connectivity index (χ1v) is 7.69. The van der Waals surface area contributed by atoms with E-state index in [1.54, 1.807) is 30.3 Å². The Morgan fingerprint density at radius 2 is 1.88 bits per heavy atom. The number of hydrogen-bond donors (Lipinski definition) is 0. The third kappa shape index (κ3) is 2.52. The van der Waals surface area contributed by atoms with E-state index >= 15 is 0 Å². The van der Waals surface area contributed by atoms with Gasteiger partial charge in [-0.05, 0) is 43.5 Å². The number of ether oxygens (including phenoxy) is 2. The first-order valence-electron chi connectivity index (χ1n) is 7.69. The molecule has 0 bridgehead atoms. The molecular weight excluding hydrogens is 302 g/mol. The summed E-state index contributed by atoms with van der Waals surface area (Å²) < 4.78 is 11.3. The molecule has 0 saturated carbocycles. The van der Waals surface area contributed by atoms with E-state index in [4.69, 9.17) is 9.47 Å². The Bertz CT molecular complexity index is 991. The number of pyridine rings is 1. The van der Waals surface area contributed by atoms with Crippen molar-refractivity contribution in [2.45, 2.75) is 13.8 Å². The van der Waals surface area contributed by atoms with Gasteiger partial charge in [0.05, 0.1) is 16.6 Å². The lowest BCUT2D eigenvalue weighted by molar-refractivity contribution is 0.0735. The van der Waals surface area contributed by atoms with E-state index in [0.29, 0.717) is 17.1 Å². The van der Waals surface area contributed by atoms with Crippen LogP contribution in [0.4, 0.5) is 0 Å². The fourth-order valence-corrected chi connectivity index (χ4v) is 2.88. The normalized spacial score (nSPS) is 12.5. The van der Waals surface area contributed by atoms with Crippen LogP contribution in [0.3, 0.4) is 0 Å². The Morgan fingerprint density at radius 1 is 1.08 bits per heavy atom. The summed E-state index contributed by atoms with van der Waals surface area (Å²) in [5.41, 5.74) is 2.29.